The zero-order valence-electron chi connectivity index (χ0n) is 18.1. The van der Waals surface area contributed by atoms with Crippen LogP contribution in [-0.2, 0) is 0 Å². The maximum absolute atomic E-state index is 11.7. The number of hydrogen-bond acceptors (Lipinski definition) is 3. The number of aromatic carboxylic acids is 1. The van der Waals surface area contributed by atoms with Gasteiger partial charge < -0.3 is 10.4 Å². The third kappa shape index (κ3) is 3.18. The summed E-state index contributed by atoms with van der Waals surface area (Å²) in [6.07, 6.45) is 16.7. The molecule has 0 radical (unpaired) electrons. The third-order valence-corrected chi connectivity index (χ3v) is 9.39. The van der Waals surface area contributed by atoms with E-state index in [1.807, 2.05) is 18.2 Å². The van der Waals surface area contributed by atoms with E-state index in [1.54, 1.807) is 6.07 Å². The van der Waals surface area contributed by atoms with Crippen LogP contribution in [0.25, 0.3) is 0 Å². The summed E-state index contributed by atoms with van der Waals surface area (Å²) in [6, 6.07) is 9.19. The molecule has 6 bridgehead atoms. The number of nitrogens with zero attached hydrogens (tertiary/aromatic N) is 1. The van der Waals surface area contributed by atoms with Crippen molar-refractivity contribution in [3.8, 4) is 0 Å². The van der Waals surface area contributed by atoms with E-state index in [1.165, 1.54) is 77.0 Å². The van der Waals surface area contributed by atoms with E-state index in [4.69, 9.17) is 0 Å². The molecule has 6 fully saturated rings. The number of carboxylic acid groups (broad SMARTS) is 1. The minimum Gasteiger partial charge on any atom is -0.478 e. The highest BCUT2D eigenvalue weighted by molar-refractivity contribution is 5.94. The lowest BCUT2D eigenvalue weighted by molar-refractivity contribution is -0.0946. The van der Waals surface area contributed by atoms with Crippen LogP contribution in [0.1, 0.15) is 87.4 Å². The zero-order chi connectivity index (χ0) is 20.3. The molecule has 4 unspecified atom stereocenters. The number of hydrogen-bond donors (Lipinski definition) is 2. The number of piperidine rings is 2. The smallest absolute Gasteiger partial charge is 0.337 e. The largest absolute Gasteiger partial charge is 0.478 e. The molecule has 2 N–H and O–H groups in total. The molecule has 1 aromatic rings. The SMILES string of the molecule is O=C(O)c1ccccc1NC1CC2CCCC(C1)N2C12CCC3CC(CC(C3)C1)C2. The summed E-state index contributed by atoms with van der Waals surface area (Å²) < 4.78 is 0. The molecule has 2 aliphatic heterocycles. The molecule has 4 heteroatoms. The number of fused-ring (bicyclic) bond motifs is 3. The lowest BCUT2D eigenvalue weighted by atomic mass is 9.63. The lowest BCUT2D eigenvalue weighted by Crippen LogP contribution is -2.65. The third-order valence-electron chi connectivity index (χ3n) is 9.39. The van der Waals surface area contributed by atoms with E-state index < -0.39 is 5.97 Å². The predicted octanol–water partition coefficient (Wildman–Crippen LogP) is 5.54. The van der Waals surface area contributed by atoms with Gasteiger partial charge in [0.05, 0.1) is 5.56 Å². The van der Waals surface area contributed by atoms with Gasteiger partial charge in [-0.15, -0.1) is 0 Å². The predicted molar refractivity (Wildman–Crippen MR) is 119 cm³/mol. The minimum absolute atomic E-state index is 0.396. The van der Waals surface area contributed by atoms with Gasteiger partial charge in [0.1, 0.15) is 0 Å². The highest BCUT2D eigenvalue weighted by Gasteiger charge is 2.55. The van der Waals surface area contributed by atoms with Crippen molar-refractivity contribution in [3.05, 3.63) is 29.8 Å². The number of carboxylic acids is 1. The molecule has 6 aliphatic rings. The van der Waals surface area contributed by atoms with Gasteiger partial charge in [-0.2, -0.15) is 0 Å². The van der Waals surface area contributed by atoms with E-state index in [-0.39, 0.29) is 0 Å². The highest BCUT2D eigenvalue weighted by Crippen LogP contribution is 2.57. The molecule has 162 valence electrons. The molecule has 4 atom stereocenters. The maximum Gasteiger partial charge on any atom is 0.337 e. The topological polar surface area (TPSA) is 52.6 Å². The standard InChI is InChI=1S/C26H36N2O2/c29-25(30)23-6-1-2-7-24(23)27-20-13-21-4-3-5-22(14-20)28(21)26-9-8-17-10-18(15-26)12-19(11-17)16-26/h1-2,6-7,17-22,27H,3-5,8-16H2,(H,29,30). The van der Waals surface area contributed by atoms with Gasteiger partial charge >= 0.3 is 5.97 Å². The molecule has 30 heavy (non-hydrogen) atoms. The molecule has 0 aromatic heterocycles. The van der Waals surface area contributed by atoms with Gasteiger partial charge in [-0.25, -0.2) is 4.79 Å². The van der Waals surface area contributed by atoms with Gasteiger partial charge in [-0.3, -0.25) is 4.90 Å². The van der Waals surface area contributed by atoms with E-state index in [0.717, 1.165) is 23.4 Å². The number of benzene rings is 1. The fourth-order valence-corrected chi connectivity index (χ4v) is 8.74. The van der Waals surface area contributed by atoms with Crippen molar-refractivity contribution < 1.29 is 9.90 Å². The Labute approximate surface area is 180 Å². The van der Waals surface area contributed by atoms with Crippen LogP contribution in [-0.4, -0.2) is 39.6 Å². The molecule has 2 saturated heterocycles. The van der Waals surface area contributed by atoms with E-state index in [0.29, 0.717) is 29.2 Å². The molecule has 1 aromatic carbocycles. The molecule has 7 rings (SSSR count). The van der Waals surface area contributed by atoms with Crippen LogP contribution in [0.5, 0.6) is 0 Å². The summed E-state index contributed by atoms with van der Waals surface area (Å²) >= 11 is 0. The normalized spacial score (nSPS) is 42.7. The van der Waals surface area contributed by atoms with Gasteiger partial charge in [0.2, 0.25) is 0 Å². The molecule has 0 spiro atoms. The Bertz CT molecular complexity index is 795. The molecular formula is C26H36N2O2. The van der Waals surface area contributed by atoms with Crippen LogP contribution in [0, 0.1) is 17.8 Å². The molecule has 0 amide bonds. The average molecular weight is 409 g/mol. The van der Waals surface area contributed by atoms with Gasteiger partial charge in [-0.1, -0.05) is 18.6 Å². The summed E-state index contributed by atoms with van der Waals surface area (Å²) in [6.45, 7) is 0. The Morgan fingerprint density at radius 1 is 0.933 bits per heavy atom. The summed E-state index contributed by atoms with van der Waals surface area (Å²) in [5.41, 5.74) is 1.69. The molecule has 4 saturated carbocycles. The van der Waals surface area contributed by atoms with Crippen molar-refractivity contribution in [1.82, 2.24) is 4.90 Å². The highest BCUT2D eigenvalue weighted by atomic mass is 16.4. The van der Waals surface area contributed by atoms with Gasteiger partial charge in [0.15, 0.2) is 0 Å². The second kappa shape index (κ2) is 7.25. The van der Waals surface area contributed by atoms with Crippen molar-refractivity contribution in [2.24, 2.45) is 17.8 Å². The maximum atomic E-state index is 11.7. The Balaban J connectivity index is 1.25. The van der Waals surface area contributed by atoms with Gasteiger partial charge in [0.25, 0.3) is 0 Å². The number of anilines is 1. The molecule has 4 nitrogen and oxygen atoms in total. The first-order valence-corrected chi connectivity index (χ1v) is 12.5. The number of nitrogens with one attached hydrogen (secondary N) is 1. The average Bonchev–Trinajstić information content (AvgIpc) is 2.91. The van der Waals surface area contributed by atoms with Crippen LogP contribution >= 0.6 is 0 Å². The Hall–Kier alpha value is -1.55. The Kier molecular flexibility index (Phi) is 4.63. The zero-order valence-corrected chi connectivity index (χ0v) is 18.1. The second-order valence-electron chi connectivity index (χ2n) is 11.3. The van der Waals surface area contributed by atoms with Crippen molar-refractivity contribution in [2.75, 3.05) is 5.32 Å². The number of rotatable bonds is 4. The van der Waals surface area contributed by atoms with E-state index in [2.05, 4.69) is 10.2 Å². The Morgan fingerprint density at radius 3 is 2.30 bits per heavy atom. The van der Waals surface area contributed by atoms with Crippen molar-refractivity contribution in [3.63, 3.8) is 0 Å². The minimum atomic E-state index is -0.833. The van der Waals surface area contributed by atoms with Crippen LogP contribution in [0.3, 0.4) is 0 Å². The summed E-state index contributed by atoms with van der Waals surface area (Å²) in [4.78, 5) is 14.7. The van der Waals surface area contributed by atoms with Gasteiger partial charge in [-0.05, 0) is 101 Å². The van der Waals surface area contributed by atoms with E-state index >= 15 is 0 Å². The van der Waals surface area contributed by atoms with Crippen LogP contribution in [0.15, 0.2) is 24.3 Å². The number of para-hydroxylation sites is 1. The quantitative estimate of drug-likeness (QED) is 0.687. The number of carbonyl (C=O) groups is 1. The monoisotopic (exact) mass is 408 g/mol. The van der Waals surface area contributed by atoms with Crippen molar-refractivity contribution >= 4 is 11.7 Å². The van der Waals surface area contributed by atoms with Crippen LogP contribution in [0.2, 0.25) is 0 Å². The molecule has 4 aliphatic carbocycles. The first kappa shape index (κ1) is 19.2. The van der Waals surface area contributed by atoms with Crippen LogP contribution in [0.4, 0.5) is 5.69 Å². The second-order valence-corrected chi connectivity index (χ2v) is 11.3. The summed E-state index contributed by atoms with van der Waals surface area (Å²) in [5, 5.41) is 13.2. The lowest BCUT2D eigenvalue weighted by Gasteiger charge is -2.60. The summed E-state index contributed by atoms with van der Waals surface area (Å²) in [7, 11) is 0. The molecular weight excluding hydrogens is 372 g/mol. The molecule has 2 heterocycles. The first-order chi connectivity index (χ1) is 14.6. The van der Waals surface area contributed by atoms with E-state index in [9.17, 15) is 9.90 Å². The van der Waals surface area contributed by atoms with Crippen molar-refractivity contribution in [1.29, 1.82) is 0 Å². The van der Waals surface area contributed by atoms with Gasteiger partial charge in [0, 0.05) is 29.4 Å². The summed E-state index contributed by atoms with van der Waals surface area (Å²) in [5.74, 6) is 2.16. The first-order valence-electron chi connectivity index (χ1n) is 12.5. The van der Waals surface area contributed by atoms with Crippen LogP contribution < -0.4 is 5.32 Å². The fourth-order valence-electron chi connectivity index (χ4n) is 8.74. The van der Waals surface area contributed by atoms with Crippen molar-refractivity contribution in [2.45, 2.75) is 101 Å². The fraction of sp³-hybridized carbons (Fsp3) is 0.731. The Morgan fingerprint density at radius 2 is 1.60 bits per heavy atom.